The number of rotatable bonds is 1. The first-order valence-electron chi connectivity index (χ1n) is 6.42. The van der Waals surface area contributed by atoms with Crippen molar-refractivity contribution >= 4 is 17.7 Å². The second-order valence-corrected chi connectivity index (χ2v) is 5.86. The molecule has 0 radical (unpaired) electrons. The van der Waals surface area contributed by atoms with E-state index < -0.39 is 28.9 Å². The third kappa shape index (κ3) is 1.18. The van der Waals surface area contributed by atoms with Crippen LogP contribution in [0.5, 0.6) is 0 Å². The zero-order valence-electron chi connectivity index (χ0n) is 11.2. The van der Waals surface area contributed by atoms with Crippen molar-refractivity contribution in [1.29, 1.82) is 0 Å². The summed E-state index contributed by atoms with van der Waals surface area (Å²) in [5.41, 5.74) is -0.608. The van der Waals surface area contributed by atoms with Gasteiger partial charge in [-0.2, -0.15) is 0 Å². The second-order valence-electron chi connectivity index (χ2n) is 5.86. The maximum absolute atomic E-state index is 12.3. The Hall–Kier alpha value is -1.65. The maximum Gasteiger partial charge on any atom is 0.317 e. The topological polar surface area (TPSA) is 69.7 Å². The predicted octanol–water partition coefficient (Wildman–Crippen LogP) is 1.16. The fourth-order valence-corrected chi connectivity index (χ4v) is 3.79. The molecule has 102 valence electrons. The minimum Gasteiger partial charge on any atom is -0.469 e. The minimum absolute atomic E-state index is 0.0469. The molecular weight excluding hydrogens is 248 g/mol. The number of ketones is 1. The Morgan fingerprint density at radius 3 is 2.63 bits per heavy atom. The molecule has 0 aromatic heterocycles. The molecular formula is C14H16O5. The van der Waals surface area contributed by atoms with Crippen LogP contribution in [0.3, 0.4) is 0 Å². The van der Waals surface area contributed by atoms with Gasteiger partial charge >= 0.3 is 11.9 Å². The molecule has 4 rings (SSSR count). The van der Waals surface area contributed by atoms with Crippen LogP contribution in [0.4, 0.5) is 0 Å². The third-order valence-electron chi connectivity index (χ3n) is 5.14. The van der Waals surface area contributed by atoms with Gasteiger partial charge < -0.3 is 9.47 Å². The van der Waals surface area contributed by atoms with Crippen molar-refractivity contribution in [3.05, 3.63) is 11.1 Å². The van der Waals surface area contributed by atoms with Gasteiger partial charge in [-0.25, -0.2) is 0 Å². The Balaban J connectivity index is 2.23. The van der Waals surface area contributed by atoms with Crippen LogP contribution in [0.15, 0.2) is 11.1 Å². The highest BCUT2D eigenvalue weighted by Gasteiger charge is 2.68. The Bertz CT molecular complexity index is 546. The van der Waals surface area contributed by atoms with E-state index >= 15 is 0 Å². The van der Waals surface area contributed by atoms with E-state index in [1.54, 1.807) is 13.8 Å². The van der Waals surface area contributed by atoms with Crippen LogP contribution >= 0.6 is 0 Å². The number of hydrogen-bond donors (Lipinski definition) is 0. The zero-order chi connectivity index (χ0) is 14.0. The smallest absolute Gasteiger partial charge is 0.317 e. The molecule has 5 nitrogen and oxygen atoms in total. The van der Waals surface area contributed by atoms with E-state index in [0.29, 0.717) is 24.8 Å². The molecule has 2 bridgehead atoms. The van der Waals surface area contributed by atoms with Crippen molar-refractivity contribution in [2.24, 2.45) is 10.8 Å². The molecule has 2 aliphatic heterocycles. The lowest BCUT2D eigenvalue weighted by atomic mass is 9.53. The SMILES string of the molecule is COC(=O)[C@]1(C)C[C@H]2OC(=O)[C@]1(C)C1=C2C(=O)CC1. The average molecular weight is 264 g/mol. The number of hydrogen-bond acceptors (Lipinski definition) is 5. The predicted molar refractivity (Wildman–Crippen MR) is 64.0 cm³/mol. The van der Waals surface area contributed by atoms with Gasteiger partial charge in [0.05, 0.1) is 12.5 Å². The Labute approximate surface area is 110 Å². The standard InChI is InChI=1S/C14H16O5/c1-13(11(16)18-3)6-9-10-7(4-5-8(10)15)14(13,2)12(17)19-9/h9H,4-6H2,1-3H3/t9-,13+,14+/m1/s1. The van der Waals surface area contributed by atoms with E-state index in [1.165, 1.54) is 7.11 Å². The summed E-state index contributed by atoms with van der Waals surface area (Å²) in [4.78, 5) is 36.4. The number of esters is 2. The molecule has 0 aromatic rings. The Morgan fingerprint density at radius 1 is 1.32 bits per heavy atom. The van der Waals surface area contributed by atoms with Gasteiger partial charge in [-0.05, 0) is 25.8 Å². The summed E-state index contributed by atoms with van der Waals surface area (Å²) < 4.78 is 10.2. The van der Waals surface area contributed by atoms with E-state index in [0.717, 1.165) is 5.57 Å². The van der Waals surface area contributed by atoms with Crippen molar-refractivity contribution in [3.63, 3.8) is 0 Å². The monoisotopic (exact) mass is 264 g/mol. The molecule has 0 saturated carbocycles. The van der Waals surface area contributed by atoms with Crippen molar-refractivity contribution < 1.29 is 23.9 Å². The third-order valence-corrected chi connectivity index (χ3v) is 5.14. The average Bonchev–Trinajstić information content (AvgIpc) is 2.76. The van der Waals surface area contributed by atoms with Gasteiger partial charge in [0.25, 0.3) is 0 Å². The molecule has 0 amide bonds. The number of fused-ring (bicyclic) bond motifs is 2. The van der Waals surface area contributed by atoms with E-state index in [1.807, 2.05) is 0 Å². The molecule has 0 spiro atoms. The first-order valence-corrected chi connectivity index (χ1v) is 6.42. The maximum atomic E-state index is 12.3. The number of ether oxygens (including phenoxy) is 2. The summed E-state index contributed by atoms with van der Waals surface area (Å²) in [7, 11) is 1.32. The van der Waals surface area contributed by atoms with E-state index in [9.17, 15) is 14.4 Å². The van der Waals surface area contributed by atoms with Crippen LogP contribution in [0.2, 0.25) is 0 Å². The molecule has 0 aromatic carbocycles. The molecule has 3 atom stereocenters. The van der Waals surface area contributed by atoms with Gasteiger partial charge in [0, 0.05) is 18.4 Å². The number of carbonyl (C=O) groups excluding carboxylic acids is 3. The molecule has 0 unspecified atom stereocenters. The van der Waals surface area contributed by atoms with Crippen LogP contribution in [0.25, 0.3) is 0 Å². The molecule has 2 aliphatic carbocycles. The van der Waals surface area contributed by atoms with Crippen molar-refractivity contribution in [2.75, 3.05) is 7.11 Å². The lowest BCUT2D eigenvalue weighted by Crippen LogP contribution is -2.61. The van der Waals surface area contributed by atoms with Crippen LogP contribution in [-0.4, -0.2) is 30.9 Å². The minimum atomic E-state index is -1.07. The van der Waals surface area contributed by atoms with Crippen molar-refractivity contribution in [1.82, 2.24) is 0 Å². The number of carbonyl (C=O) groups is 3. The number of Topliss-reactive ketones (excluding diaryl/α,β-unsaturated/α-hetero) is 1. The zero-order valence-corrected chi connectivity index (χ0v) is 11.2. The lowest BCUT2D eigenvalue weighted by molar-refractivity contribution is -0.195. The van der Waals surface area contributed by atoms with Crippen LogP contribution in [0.1, 0.15) is 33.1 Å². The normalized spacial score (nSPS) is 40.3. The molecule has 4 aliphatic rings. The van der Waals surface area contributed by atoms with Gasteiger partial charge in [0.1, 0.15) is 11.5 Å². The summed E-state index contributed by atoms with van der Waals surface area (Å²) in [6.45, 7) is 3.44. The van der Waals surface area contributed by atoms with Gasteiger partial charge in [-0.3, -0.25) is 14.4 Å². The van der Waals surface area contributed by atoms with Crippen LogP contribution < -0.4 is 0 Å². The highest BCUT2D eigenvalue weighted by Crippen LogP contribution is 2.61. The van der Waals surface area contributed by atoms with Crippen molar-refractivity contribution in [3.8, 4) is 0 Å². The van der Waals surface area contributed by atoms with Crippen LogP contribution in [0, 0.1) is 10.8 Å². The molecule has 19 heavy (non-hydrogen) atoms. The second kappa shape index (κ2) is 3.46. The first kappa shape index (κ1) is 12.4. The van der Waals surface area contributed by atoms with Gasteiger partial charge in [-0.15, -0.1) is 0 Å². The fourth-order valence-electron chi connectivity index (χ4n) is 3.79. The molecule has 2 heterocycles. The molecule has 1 fully saturated rings. The summed E-state index contributed by atoms with van der Waals surface area (Å²) in [5.74, 6) is -0.779. The Kier molecular flexibility index (Phi) is 2.26. The van der Waals surface area contributed by atoms with E-state index in [-0.39, 0.29) is 5.78 Å². The van der Waals surface area contributed by atoms with Crippen molar-refractivity contribution in [2.45, 2.75) is 39.2 Å². The van der Waals surface area contributed by atoms with Crippen LogP contribution in [-0.2, 0) is 23.9 Å². The lowest BCUT2D eigenvalue weighted by Gasteiger charge is -2.53. The highest BCUT2D eigenvalue weighted by atomic mass is 16.6. The first-order chi connectivity index (χ1) is 8.86. The van der Waals surface area contributed by atoms with E-state index in [4.69, 9.17) is 9.47 Å². The largest absolute Gasteiger partial charge is 0.469 e. The molecule has 0 N–H and O–H groups in total. The van der Waals surface area contributed by atoms with Gasteiger partial charge in [0.2, 0.25) is 0 Å². The number of methoxy groups -OCH3 is 1. The summed E-state index contributed by atoms with van der Waals surface area (Å²) >= 11 is 0. The quantitative estimate of drug-likeness (QED) is 0.665. The fraction of sp³-hybridized carbons (Fsp3) is 0.643. The van der Waals surface area contributed by atoms with E-state index in [2.05, 4.69) is 0 Å². The molecule has 1 saturated heterocycles. The van der Waals surface area contributed by atoms with Gasteiger partial charge in [-0.1, -0.05) is 0 Å². The Morgan fingerprint density at radius 2 is 2.00 bits per heavy atom. The summed E-state index contributed by atoms with van der Waals surface area (Å²) in [6, 6.07) is 0. The summed E-state index contributed by atoms with van der Waals surface area (Å²) in [6.07, 6.45) is 0.698. The van der Waals surface area contributed by atoms with Gasteiger partial charge in [0.15, 0.2) is 5.78 Å². The molecule has 5 heteroatoms. The summed E-state index contributed by atoms with van der Waals surface area (Å²) in [5, 5.41) is 0. The highest BCUT2D eigenvalue weighted by molar-refractivity contribution is 6.06.